The van der Waals surface area contributed by atoms with Crippen molar-refractivity contribution in [2.75, 3.05) is 27.9 Å². The first-order chi connectivity index (χ1) is 19.4. The van der Waals surface area contributed by atoms with E-state index in [0.29, 0.717) is 28.4 Å². The number of amides is 2. The molecule has 3 aromatic rings. The Bertz CT molecular complexity index is 1330. The normalized spacial score (nSPS) is 14.2. The lowest BCUT2D eigenvalue weighted by Crippen LogP contribution is -2.52. The summed E-state index contributed by atoms with van der Waals surface area (Å²) in [5, 5.41) is 9.97. The van der Waals surface area contributed by atoms with Crippen molar-refractivity contribution in [1.29, 1.82) is 0 Å². The zero-order chi connectivity index (χ0) is 28.6. The van der Waals surface area contributed by atoms with Crippen LogP contribution in [0.15, 0.2) is 48.5 Å². The van der Waals surface area contributed by atoms with Crippen molar-refractivity contribution in [1.82, 2.24) is 20.4 Å². The van der Waals surface area contributed by atoms with E-state index >= 15 is 0 Å². The second kappa shape index (κ2) is 13.1. The number of halogens is 1. The Morgan fingerprint density at radius 1 is 1.00 bits per heavy atom. The van der Waals surface area contributed by atoms with Gasteiger partial charge in [-0.3, -0.25) is 14.4 Å². The molecule has 1 aliphatic carbocycles. The van der Waals surface area contributed by atoms with Crippen LogP contribution in [0.4, 0.5) is 4.39 Å². The number of ether oxygens (including phenoxy) is 3. The molecule has 1 aromatic heterocycles. The van der Waals surface area contributed by atoms with Crippen LogP contribution in [0.1, 0.15) is 42.6 Å². The van der Waals surface area contributed by atoms with Crippen LogP contribution >= 0.6 is 0 Å². The zero-order valence-electron chi connectivity index (χ0n) is 22.7. The molecule has 0 bridgehead atoms. The van der Waals surface area contributed by atoms with Crippen LogP contribution in [0.5, 0.6) is 11.5 Å². The number of methoxy groups -OCH3 is 3. The number of nitrogens with one attached hydrogen (secondary N) is 2. The van der Waals surface area contributed by atoms with E-state index in [1.54, 1.807) is 36.4 Å². The molecule has 1 saturated carbocycles. The molecule has 0 radical (unpaired) electrons. The molecule has 2 amide bonds. The summed E-state index contributed by atoms with van der Waals surface area (Å²) in [5.74, 6) is -1.17. The molecule has 10 nitrogen and oxygen atoms in total. The Balaban J connectivity index is 1.73. The van der Waals surface area contributed by atoms with Gasteiger partial charge >= 0.3 is 5.97 Å². The summed E-state index contributed by atoms with van der Waals surface area (Å²) in [6.07, 6.45) is 4.48. The van der Waals surface area contributed by atoms with Crippen LogP contribution in [0.3, 0.4) is 0 Å². The van der Waals surface area contributed by atoms with Crippen molar-refractivity contribution in [3.8, 4) is 28.4 Å². The standard InChI is InChI=1S/C29H33FN4O6/c1-38-23-10-7-11-24(39-2)26(23)22-16-21(33-34(22)20-14-12-19(30)13-15-20)28(36)32-27(18-8-5-4-6-9-18)29(37)31-17-25(35)40-3/h7,10-16,18,27H,4-6,8-9,17H2,1-3H3,(H,31,37)(H,32,36). The molecule has 0 spiro atoms. The highest BCUT2D eigenvalue weighted by Crippen LogP contribution is 2.39. The smallest absolute Gasteiger partial charge is 0.325 e. The monoisotopic (exact) mass is 552 g/mol. The Labute approximate surface area is 231 Å². The van der Waals surface area contributed by atoms with Gasteiger partial charge in [-0.15, -0.1) is 0 Å². The summed E-state index contributed by atoms with van der Waals surface area (Å²) in [6.45, 7) is -0.300. The first-order valence-corrected chi connectivity index (χ1v) is 13.1. The number of benzene rings is 2. The number of esters is 1. The van der Waals surface area contributed by atoms with E-state index in [1.807, 2.05) is 0 Å². The molecular weight excluding hydrogens is 519 g/mol. The van der Waals surface area contributed by atoms with Crippen LogP contribution in [0.25, 0.3) is 16.9 Å². The largest absolute Gasteiger partial charge is 0.496 e. The third kappa shape index (κ3) is 6.41. The van der Waals surface area contributed by atoms with E-state index in [1.165, 1.54) is 38.1 Å². The van der Waals surface area contributed by atoms with E-state index in [2.05, 4.69) is 20.5 Å². The number of carbonyl (C=O) groups excluding carboxylic acids is 3. The maximum absolute atomic E-state index is 13.7. The van der Waals surface area contributed by atoms with Crippen molar-refractivity contribution in [3.05, 3.63) is 60.0 Å². The predicted molar refractivity (Wildman–Crippen MR) is 145 cm³/mol. The average Bonchev–Trinajstić information content (AvgIpc) is 3.43. The minimum absolute atomic E-state index is 0.0360. The van der Waals surface area contributed by atoms with Crippen molar-refractivity contribution in [2.24, 2.45) is 5.92 Å². The topological polar surface area (TPSA) is 121 Å². The summed E-state index contributed by atoms with van der Waals surface area (Å²) >= 11 is 0. The number of carbonyl (C=O) groups is 3. The van der Waals surface area contributed by atoms with Crippen LogP contribution < -0.4 is 20.1 Å². The van der Waals surface area contributed by atoms with Gasteiger partial charge in [-0.2, -0.15) is 5.10 Å². The number of hydrogen-bond donors (Lipinski definition) is 2. The summed E-state index contributed by atoms with van der Waals surface area (Å²) in [4.78, 5) is 38.3. The van der Waals surface area contributed by atoms with Gasteiger partial charge in [0.2, 0.25) is 5.91 Å². The molecule has 1 fully saturated rings. The fourth-order valence-electron chi connectivity index (χ4n) is 4.97. The van der Waals surface area contributed by atoms with Crippen molar-refractivity contribution >= 4 is 17.8 Å². The average molecular weight is 553 g/mol. The number of nitrogens with zero attached hydrogens (tertiary/aromatic N) is 2. The molecule has 1 unspecified atom stereocenters. The Morgan fingerprint density at radius 3 is 2.25 bits per heavy atom. The molecule has 40 heavy (non-hydrogen) atoms. The third-order valence-electron chi connectivity index (χ3n) is 7.02. The molecular formula is C29H33FN4O6. The van der Waals surface area contributed by atoms with Crippen LogP contribution in [-0.2, 0) is 14.3 Å². The fraction of sp³-hybridized carbons (Fsp3) is 0.379. The Morgan fingerprint density at radius 2 is 1.65 bits per heavy atom. The first kappa shape index (κ1) is 28.6. The van der Waals surface area contributed by atoms with Gasteiger partial charge in [0, 0.05) is 0 Å². The lowest BCUT2D eigenvalue weighted by molar-refractivity contribution is -0.141. The highest BCUT2D eigenvalue weighted by atomic mass is 19.1. The first-order valence-electron chi connectivity index (χ1n) is 13.1. The van der Waals surface area contributed by atoms with Crippen LogP contribution in [0.2, 0.25) is 0 Å². The fourth-order valence-corrected chi connectivity index (χ4v) is 4.97. The SMILES string of the molecule is COC(=O)CNC(=O)C(NC(=O)c1cc(-c2c(OC)cccc2OC)n(-c2ccc(F)cc2)n1)C1CCCCC1. The molecule has 1 atom stereocenters. The molecule has 4 rings (SSSR count). The summed E-state index contributed by atoms with van der Waals surface area (Å²) in [5.41, 5.74) is 1.55. The number of aromatic nitrogens is 2. The number of hydrogen-bond acceptors (Lipinski definition) is 7. The van der Waals surface area contributed by atoms with E-state index in [4.69, 9.17) is 9.47 Å². The zero-order valence-corrected chi connectivity index (χ0v) is 22.7. The highest BCUT2D eigenvalue weighted by molar-refractivity contribution is 5.98. The van der Waals surface area contributed by atoms with E-state index in [0.717, 1.165) is 32.1 Å². The number of rotatable bonds is 10. The second-order valence-electron chi connectivity index (χ2n) is 9.48. The van der Waals surface area contributed by atoms with Crippen molar-refractivity contribution < 1.29 is 33.0 Å². The minimum Gasteiger partial charge on any atom is -0.496 e. The summed E-state index contributed by atoms with van der Waals surface area (Å²) in [7, 11) is 4.28. The summed E-state index contributed by atoms with van der Waals surface area (Å²) < 4.78 is 31.0. The predicted octanol–water partition coefficient (Wildman–Crippen LogP) is 3.66. The van der Waals surface area contributed by atoms with Crippen LogP contribution in [0, 0.1) is 11.7 Å². The second-order valence-corrected chi connectivity index (χ2v) is 9.48. The van der Waals surface area contributed by atoms with E-state index in [-0.39, 0.29) is 18.2 Å². The van der Waals surface area contributed by atoms with Gasteiger partial charge in [0.1, 0.15) is 29.9 Å². The summed E-state index contributed by atoms with van der Waals surface area (Å²) in [6, 6.07) is 11.7. The van der Waals surface area contributed by atoms with Gasteiger partial charge in [-0.05, 0) is 61.2 Å². The van der Waals surface area contributed by atoms with Gasteiger partial charge < -0.3 is 24.8 Å². The molecule has 1 aliphatic rings. The van der Waals surface area contributed by atoms with Gasteiger partial charge in [-0.1, -0.05) is 25.3 Å². The van der Waals surface area contributed by atoms with Gasteiger partial charge in [0.05, 0.1) is 38.3 Å². The molecule has 11 heteroatoms. The molecule has 1 heterocycles. The van der Waals surface area contributed by atoms with Gasteiger partial charge in [0.25, 0.3) is 5.91 Å². The maximum Gasteiger partial charge on any atom is 0.325 e. The lowest BCUT2D eigenvalue weighted by Gasteiger charge is -2.29. The Hall–Kier alpha value is -4.41. The quantitative estimate of drug-likeness (QED) is 0.368. The minimum atomic E-state index is -0.863. The van der Waals surface area contributed by atoms with Gasteiger partial charge in [0.15, 0.2) is 5.69 Å². The van der Waals surface area contributed by atoms with Crippen molar-refractivity contribution in [3.63, 3.8) is 0 Å². The molecule has 0 aliphatic heterocycles. The lowest BCUT2D eigenvalue weighted by atomic mass is 9.83. The van der Waals surface area contributed by atoms with Crippen molar-refractivity contribution in [2.45, 2.75) is 38.1 Å². The molecule has 2 N–H and O–H groups in total. The van der Waals surface area contributed by atoms with E-state index in [9.17, 15) is 18.8 Å². The van der Waals surface area contributed by atoms with Crippen LogP contribution in [-0.4, -0.2) is 61.5 Å². The maximum atomic E-state index is 13.7. The van der Waals surface area contributed by atoms with E-state index < -0.39 is 29.6 Å². The van der Waals surface area contributed by atoms with Gasteiger partial charge in [-0.25, -0.2) is 9.07 Å². The molecule has 0 saturated heterocycles. The highest BCUT2D eigenvalue weighted by Gasteiger charge is 2.32. The molecule has 2 aromatic carbocycles. The Kier molecular flexibility index (Phi) is 9.36. The molecule has 212 valence electrons. The third-order valence-corrected chi connectivity index (χ3v) is 7.02.